The summed E-state index contributed by atoms with van der Waals surface area (Å²) >= 11 is 0. The third-order valence-electron chi connectivity index (χ3n) is 3.46. The Kier molecular flexibility index (Phi) is 4.60. The predicted octanol–water partition coefficient (Wildman–Crippen LogP) is 0.671. The van der Waals surface area contributed by atoms with Crippen molar-refractivity contribution in [3.05, 3.63) is 0 Å². The standard InChI is InChI=1S/C12H22N2O2/c15-12(10-3-1-6-13-9-10)14-7-5-11-4-2-8-16-11/h10-11,13H,1-9H2,(H,14,15). The summed E-state index contributed by atoms with van der Waals surface area (Å²) < 4.78 is 5.52. The van der Waals surface area contributed by atoms with E-state index in [1.54, 1.807) is 0 Å². The van der Waals surface area contributed by atoms with Crippen LogP contribution in [0, 0.1) is 5.92 Å². The van der Waals surface area contributed by atoms with E-state index in [4.69, 9.17) is 4.74 Å². The van der Waals surface area contributed by atoms with Crippen LogP contribution < -0.4 is 10.6 Å². The Morgan fingerprint density at radius 2 is 2.31 bits per heavy atom. The van der Waals surface area contributed by atoms with Gasteiger partial charge in [-0.15, -0.1) is 0 Å². The molecule has 0 saturated carbocycles. The number of nitrogens with one attached hydrogen (secondary N) is 2. The molecule has 2 N–H and O–H groups in total. The molecule has 0 aromatic rings. The van der Waals surface area contributed by atoms with Gasteiger partial charge in [0.2, 0.25) is 5.91 Å². The highest BCUT2D eigenvalue weighted by atomic mass is 16.5. The molecule has 2 aliphatic rings. The van der Waals surface area contributed by atoms with E-state index in [0.717, 1.165) is 51.9 Å². The van der Waals surface area contributed by atoms with Crippen molar-refractivity contribution < 1.29 is 9.53 Å². The quantitative estimate of drug-likeness (QED) is 0.741. The Balaban J connectivity index is 1.59. The Hall–Kier alpha value is -0.610. The van der Waals surface area contributed by atoms with Gasteiger partial charge in [-0.1, -0.05) is 0 Å². The summed E-state index contributed by atoms with van der Waals surface area (Å²) in [6.45, 7) is 3.55. The summed E-state index contributed by atoms with van der Waals surface area (Å²) in [6.07, 6.45) is 5.81. The largest absolute Gasteiger partial charge is 0.378 e. The van der Waals surface area contributed by atoms with Gasteiger partial charge in [-0.3, -0.25) is 4.79 Å². The van der Waals surface area contributed by atoms with Crippen LogP contribution in [-0.2, 0) is 9.53 Å². The SMILES string of the molecule is O=C(NCCC1CCCO1)C1CCCNC1. The number of carbonyl (C=O) groups excluding carboxylic acids is 1. The van der Waals surface area contributed by atoms with Gasteiger partial charge in [0.25, 0.3) is 0 Å². The number of piperidine rings is 1. The van der Waals surface area contributed by atoms with Crippen molar-refractivity contribution >= 4 is 5.91 Å². The second-order valence-electron chi connectivity index (χ2n) is 4.76. The van der Waals surface area contributed by atoms with Gasteiger partial charge in [-0.2, -0.15) is 0 Å². The molecular formula is C12H22N2O2. The molecule has 2 rings (SSSR count). The second-order valence-corrected chi connectivity index (χ2v) is 4.76. The van der Waals surface area contributed by atoms with Crippen molar-refractivity contribution in [2.24, 2.45) is 5.92 Å². The van der Waals surface area contributed by atoms with E-state index in [2.05, 4.69) is 10.6 Å². The first-order valence-corrected chi connectivity index (χ1v) is 6.46. The molecule has 1 amide bonds. The molecule has 0 aliphatic carbocycles. The van der Waals surface area contributed by atoms with Crippen molar-refractivity contribution in [3.8, 4) is 0 Å². The van der Waals surface area contributed by atoms with Crippen LogP contribution in [-0.4, -0.2) is 38.3 Å². The highest BCUT2D eigenvalue weighted by Crippen LogP contribution is 2.15. The highest BCUT2D eigenvalue weighted by molar-refractivity contribution is 5.78. The monoisotopic (exact) mass is 226 g/mol. The van der Waals surface area contributed by atoms with Crippen LogP contribution in [0.25, 0.3) is 0 Å². The first kappa shape index (κ1) is 11.9. The van der Waals surface area contributed by atoms with Gasteiger partial charge < -0.3 is 15.4 Å². The lowest BCUT2D eigenvalue weighted by atomic mass is 9.99. The molecule has 0 aromatic heterocycles. The number of hydrogen-bond acceptors (Lipinski definition) is 3. The van der Waals surface area contributed by atoms with Gasteiger partial charge in [0, 0.05) is 19.7 Å². The molecule has 0 spiro atoms. The van der Waals surface area contributed by atoms with Crippen LogP contribution in [0.15, 0.2) is 0 Å². The third-order valence-corrected chi connectivity index (χ3v) is 3.46. The van der Waals surface area contributed by atoms with Crippen molar-refractivity contribution in [2.75, 3.05) is 26.2 Å². The molecule has 0 aromatic carbocycles. The minimum Gasteiger partial charge on any atom is -0.378 e. The van der Waals surface area contributed by atoms with Crippen LogP contribution >= 0.6 is 0 Å². The molecule has 0 bridgehead atoms. The molecule has 0 radical (unpaired) electrons. The van der Waals surface area contributed by atoms with Gasteiger partial charge in [-0.05, 0) is 38.6 Å². The summed E-state index contributed by atoms with van der Waals surface area (Å²) in [5.74, 6) is 0.392. The maximum absolute atomic E-state index is 11.8. The summed E-state index contributed by atoms with van der Waals surface area (Å²) in [4.78, 5) is 11.8. The van der Waals surface area contributed by atoms with Gasteiger partial charge in [0.1, 0.15) is 0 Å². The lowest BCUT2D eigenvalue weighted by molar-refractivity contribution is -0.125. The fourth-order valence-electron chi connectivity index (χ4n) is 2.45. The molecule has 2 heterocycles. The fraction of sp³-hybridized carbons (Fsp3) is 0.917. The van der Waals surface area contributed by atoms with Crippen molar-refractivity contribution in [1.29, 1.82) is 0 Å². The number of carbonyl (C=O) groups is 1. The summed E-state index contributed by atoms with van der Waals surface area (Å²) in [6, 6.07) is 0. The number of rotatable bonds is 4. The Bertz CT molecular complexity index is 221. The molecule has 16 heavy (non-hydrogen) atoms. The van der Waals surface area contributed by atoms with Crippen molar-refractivity contribution in [2.45, 2.75) is 38.2 Å². The lowest BCUT2D eigenvalue weighted by Gasteiger charge is -2.22. The third kappa shape index (κ3) is 3.46. The van der Waals surface area contributed by atoms with E-state index < -0.39 is 0 Å². The Morgan fingerprint density at radius 3 is 3.00 bits per heavy atom. The highest BCUT2D eigenvalue weighted by Gasteiger charge is 2.21. The number of ether oxygens (including phenoxy) is 1. The first-order valence-electron chi connectivity index (χ1n) is 6.46. The maximum Gasteiger partial charge on any atom is 0.224 e. The molecule has 2 aliphatic heterocycles. The zero-order valence-corrected chi connectivity index (χ0v) is 9.84. The van der Waals surface area contributed by atoms with E-state index in [9.17, 15) is 4.79 Å². The number of hydrogen-bond donors (Lipinski definition) is 2. The van der Waals surface area contributed by atoms with E-state index in [0.29, 0.717) is 6.10 Å². The molecule has 2 fully saturated rings. The summed E-state index contributed by atoms with van der Waals surface area (Å²) in [5, 5.41) is 6.28. The molecule has 2 atom stereocenters. The second kappa shape index (κ2) is 6.21. The van der Waals surface area contributed by atoms with Gasteiger partial charge in [0.15, 0.2) is 0 Å². The van der Waals surface area contributed by atoms with Gasteiger partial charge in [-0.25, -0.2) is 0 Å². The van der Waals surface area contributed by atoms with Crippen LogP contribution in [0.3, 0.4) is 0 Å². The van der Waals surface area contributed by atoms with E-state index >= 15 is 0 Å². The average Bonchev–Trinajstić information content (AvgIpc) is 2.83. The Morgan fingerprint density at radius 1 is 1.38 bits per heavy atom. The Labute approximate surface area is 97.1 Å². The normalized spacial score (nSPS) is 30.2. The zero-order valence-electron chi connectivity index (χ0n) is 9.84. The van der Waals surface area contributed by atoms with Crippen LogP contribution in [0.5, 0.6) is 0 Å². The smallest absolute Gasteiger partial charge is 0.224 e. The van der Waals surface area contributed by atoms with Gasteiger partial charge in [0.05, 0.1) is 12.0 Å². The lowest BCUT2D eigenvalue weighted by Crippen LogP contribution is -2.41. The minimum atomic E-state index is 0.179. The summed E-state index contributed by atoms with van der Waals surface area (Å²) in [7, 11) is 0. The fourth-order valence-corrected chi connectivity index (χ4v) is 2.45. The molecular weight excluding hydrogens is 204 g/mol. The zero-order chi connectivity index (χ0) is 11.2. The topological polar surface area (TPSA) is 50.4 Å². The van der Waals surface area contributed by atoms with E-state index in [1.165, 1.54) is 6.42 Å². The maximum atomic E-state index is 11.8. The molecule has 92 valence electrons. The number of amides is 1. The minimum absolute atomic E-state index is 0.179. The van der Waals surface area contributed by atoms with Crippen LogP contribution in [0.2, 0.25) is 0 Å². The molecule has 2 saturated heterocycles. The van der Waals surface area contributed by atoms with Gasteiger partial charge >= 0.3 is 0 Å². The summed E-state index contributed by atoms with van der Waals surface area (Å²) in [5.41, 5.74) is 0. The van der Waals surface area contributed by atoms with Crippen molar-refractivity contribution in [3.63, 3.8) is 0 Å². The van der Waals surface area contributed by atoms with Crippen LogP contribution in [0.1, 0.15) is 32.1 Å². The van der Waals surface area contributed by atoms with Crippen LogP contribution in [0.4, 0.5) is 0 Å². The average molecular weight is 226 g/mol. The van der Waals surface area contributed by atoms with E-state index in [1.807, 2.05) is 0 Å². The van der Waals surface area contributed by atoms with E-state index in [-0.39, 0.29) is 11.8 Å². The first-order chi connectivity index (χ1) is 7.86. The molecule has 4 heteroatoms. The predicted molar refractivity (Wildman–Crippen MR) is 62.2 cm³/mol. The molecule has 2 unspecified atom stereocenters. The van der Waals surface area contributed by atoms with Crippen molar-refractivity contribution in [1.82, 2.24) is 10.6 Å². The molecule has 4 nitrogen and oxygen atoms in total.